The molecule has 9 atom stereocenters. The van der Waals surface area contributed by atoms with Gasteiger partial charge in [-0.15, -0.1) is 0 Å². The van der Waals surface area contributed by atoms with Crippen LogP contribution < -0.4 is 26.6 Å². The van der Waals surface area contributed by atoms with E-state index >= 15 is 0 Å². The molecular weight excluding hydrogens is 814 g/mol. The van der Waals surface area contributed by atoms with Crippen LogP contribution in [-0.4, -0.2) is 160 Å². The van der Waals surface area contributed by atoms with Crippen LogP contribution in [0.15, 0.2) is 61.2 Å². The number of nitrogens with one attached hydrogen (secondary N) is 6. The van der Waals surface area contributed by atoms with Crippen LogP contribution >= 0.6 is 0 Å². The molecule has 0 bridgehead atoms. The number of aromatic nitrogens is 4. The van der Waals surface area contributed by atoms with Gasteiger partial charge in [-0.05, 0) is 56.0 Å². The summed E-state index contributed by atoms with van der Waals surface area (Å²) in [4.78, 5) is 94.4. The number of nitrogens with zero attached hydrogens (tertiary/aromatic N) is 5. The van der Waals surface area contributed by atoms with Crippen molar-refractivity contribution < 1.29 is 58.7 Å². The van der Waals surface area contributed by atoms with Gasteiger partial charge >= 0.3 is 6.09 Å². The van der Waals surface area contributed by atoms with Crippen LogP contribution in [0, 0.1) is 0 Å². The first-order chi connectivity index (χ1) is 29.6. The van der Waals surface area contributed by atoms with Gasteiger partial charge in [0, 0.05) is 31.3 Å². The van der Waals surface area contributed by atoms with Crippen molar-refractivity contribution in [1.82, 2.24) is 45.7 Å². The maximum atomic E-state index is 13.5. The molecule has 23 heteroatoms. The number of imidazole rings is 1. The summed E-state index contributed by atoms with van der Waals surface area (Å²) in [5, 5.41) is 55.2. The van der Waals surface area contributed by atoms with Crippen LogP contribution in [0.1, 0.15) is 38.7 Å². The minimum absolute atomic E-state index is 0.0745. The van der Waals surface area contributed by atoms with E-state index in [2.05, 4.69) is 53.1 Å². The fourth-order valence-corrected chi connectivity index (χ4v) is 7.08. The number of ether oxygens (including phenoxy) is 2. The summed E-state index contributed by atoms with van der Waals surface area (Å²) in [6.07, 6.45) is -1.73. The monoisotopic (exact) mass is 863 g/mol. The number of carbonyl (C=O) groups is 6. The van der Waals surface area contributed by atoms with Crippen LogP contribution in [0.5, 0.6) is 0 Å². The molecule has 2 fully saturated rings. The molecule has 3 aromatic rings. The molecule has 2 aromatic heterocycles. The van der Waals surface area contributed by atoms with Gasteiger partial charge in [-0.1, -0.05) is 18.7 Å². The van der Waals surface area contributed by atoms with Gasteiger partial charge in [0.05, 0.1) is 19.0 Å². The van der Waals surface area contributed by atoms with Crippen molar-refractivity contribution in [1.29, 1.82) is 0 Å². The third-order valence-electron chi connectivity index (χ3n) is 10.5. The molecule has 6 rings (SSSR count). The van der Waals surface area contributed by atoms with Crippen molar-refractivity contribution in [2.24, 2.45) is 0 Å². The zero-order valence-corrected chi connectivity index (χ0v) is 33.8. The van der Waals surface area contributed by atoms with Gasteiger partial charge < -0.3 is 66.4 Å². The Bertz CT molecular complexity index is 2180. The van der Waals surface area contributed by atoms with Crippen LogP contribution in [0.25, 0.3) is 11.2 Å². The summed E-state index contributed by atoms with van der Waals surface area (Å²) in [6, 6.07) is 1.91. The molecule has 3 aliphatic heterocycles. The van der Waals surface area contributed by atoms with Crippen molar-refractivity contribution in [3.8, 4) is 0 Å². The zero-order chi connectivity index (χ0) is 44.7. The fourth-order valence-electron chi connectivity index (χ4n) is 7.08. The van der Waals surface area contributed by atoms with Crippen molar-refractivity contribution >= 4 is 58.3 Å². The summed E-state index contributed by atoms with van der Waals surface area (Å²) in [5.41, 5.74) is 1.99. The molecule has 6 amide bonds. The Balaban J connectivity index is 0.948. The molecule has 0 radical (unpaired) electrons. The standard InChI is InChI=1S/C39H49N11O12/c1-19(2)28(46-25(52)12-14-50-26(53)10-11-27(50)54)37(59)44-20(3)35(57)45-22-8-6-21(7-9-22)16-61-39(60)49-13-4-5-23(49)36(58)47-29-24(15-51)62-38(32(56)31(29)55)48-34-30-33(41-17-40-30)42-18-43-34/h6-11,17-18,20,23-24,26,28-29,31-32,38,51,53,55-56H,1,4-5,12-16H2,2-3H3,(H,44,59)(H,45,57)(H,46,52)(H,47,58)(H2,40,41,42,43,48)/t20-,23-,24-,26?,28-,29-,31+,32-,38-/m0/s1. The molecule has 332 valence electrons. The van der Waals surface area contributed by atoms with Gasteiger partial charge in [-0.3, -0.25) is 28.9 Å². The van der Waals surface area contributed by atoms with Crippen molar-refractivity contribution in [3.63, 3.8) is 0 Å². The summed E-state index contributed by atoms with van der Waals surface area (Å²) >= 11 is 0. The van der Waals surface area contributed by atoms with Crippen molar-refractivity contribution in [3.05, 3.63) is 66.8 Å². The molecule has 2 saturated heterocycles. The van der Waals surface area contributed by atoms with Gasteiger partial charge in [0.2, 0.25) is 29.5 Å². The molecule has 62 heavy (non-hydrogen) atoms. The Morgan fingerprint density at radius 3 is 2.50 bits per heavy atom. The SMILES string of the molecule is C=C(C)[C@H](NC(=O)CCN1C(=O)C=CC1O)C(=O)N[C@@H](C)C(=O)Nc1ccc(COC(=O)N2CCC[C@H]2C(=O)N[C@@H]2[C@@H](O)[C@H](O)[C@@H](Nc3ncnc4nc[nH]c34)O[C@H]2CO)cc1. The number of fused-ring (bicyclic) bond motifs is 1. The predicted octanol–water partition coefficient (Wildman–Crippen LogP) is -1.90. The minimum Gasteiger partial charge on any atom is -0.445 e. The third-order valence-corrected chi connectivity index (χ3v) is 10.5. The minimum atomic E-state index is -1.59. The van der Waals surface area contributed by atoms with E-state index in [0.717, 1.165) is 4.90 Å². The highest BCUT2D eigenvalue weighted by Gasteiger charge is 2.47. The topological polar surface area (TPSA) is 323 Å². The van der Waals surface area contributed by atoms with Gasteiger partial charge in [0.15, 0.2) is 17.7 Å². The van der Waals surface area contributed by atoms with Crippen molar-refractivity contribution in [2.45, 2.75) is 94.7 Å². The summed E-state index contributed by atoms with van der Waals surface area (Å²) in [5.74, 6) is -2.68. The number of hydrogen-bond donors (Lipinski definition) is 10. The van der Waals surface area contributed by atoms with Gasteiger partial charge in [0.25, 0.3) is 0 Å². The van der Waals surface area contributed by atoms with Crippen molar-refractivity contribution in [2.75, 3.05) is 30.3 Å². The number of rotatable bonds is 16. The largest absolute Gasteiger partial charge is 0.445 e. The van der Waals surface area contributed by atoms with Crippen LogP contribution in [0.2, 0.25) is 0 Å². The van der Waals surface area contributed by atoms with Gasteiger partial charge in [0.1, 0.15) is 61.1 Å². The highest BCUT2D eigenvalue weighted by Crippen LogP contribution is 2.26. The number of likely N-dealkylation sites (tertiary alicyclic amines) is 1. The van der Waals surface area contributed by atoms with E-state index < -0.39 is 97.2 Å². The van der Waals surface area contributed by atoms with E-state index in [1.165, 1.54) is 43.6 Å². The number of amides is 6. The molecule has 5 heterocycles. The normalized spacial score (nSPS) is 24.3. The van der Waals surface area contributed by atoms with E-state index in [0.29, 0.717) is 34.4 Å². The molecule has 1 aromatic carbocycles. The Morgan fingerprint density at radius 1 is 1.05 bits per heavy atom. The molecule has 1 unspecified atom stereocenters. The Morgan fingerprint density at radius 2 is 1.81 bits per heavy atom. The maximum absolute atomic E-state index is 13.5. The van der Waals surface area contributed by atoms with E-state index in [9.17, 15) is 49.2 Å². The first-order valence-electron chi connectivity index (χ1n) is 19.7. The summed E-state index contributed by atoms with van der Waals surface area (Å²) in [6.45, 7) is 6.07. The molecule has 0 spiro atoms. The average Bonchev–Trinajstić information content (AvgIpc) is 4.02. The lowest BCUT2D eigenvalue weighted by molar-refractivity contribution is -0.185. The number of benzene rings is 1. The van der Waals surface area contributed by atoms with E-state index in [4.69, 9.17) is 9.47 Å². The van der Waals surface area contributed by atoms with Crippen LogP contribution in [-0.2, 0) is 40.1 Å². The molecule has 0 saturated carbocycles. The summed E-state index contributed by atoms with van der Waals surface area (Å²) < 4.78 is 11.3. The van der Waals surface area contributed by atoms with E-state index in [1.807, 2.05) is 0 Å². The molecule has 3 aliphatic rings. The number of aliphatic hydroxyl groups excluding tert-OH is 4. The summed E-state index contributed by atoms with van der Waals surface area (Å²) in [7, 11) is 0. The lowest BCUT2D eigenvalue weighted by Gasteiger charge is -2.43. The Labute approximate surface area is 354 Å². The first-order valence-corrected chi connectivity index (χ1v) is 19.7. The lowest BCUT2D eigenvalue weighted by atomic mass is 9.95. The average molecular weight is 864 g/mol. The Kier molecular flexibility index (Phi) is 14.4. The second-order valence-electron chi connectivity index (χ2n) is 15.0. The third kappa shape index (κ3) is 10.5. The zero-order valence-electron chi connectivity index (χ0n) is 33.8. The number of H-pyrrole nitrogens is 1. The predicted molar refractivity (Wildman–Crippen MR) is 216 cm³/mol. The molecule has 10 N–H and O–H groups in total. The number of anilines is 2. The smallest absolute Gasteiger partial charge is 0.410 e. The second-order valence-corrected chi connectivity index (χ2v) is 15.0. The van der Waals surface area contributed by atoms with Gasteiger partial charge in [-0.2, -0.15) is 0 Å². The maximum Gasteiger partial charge on any atom is 0.410 e. The number of aliphatic hydroxyl groups is 4. The number of aromatic amines is 1. The lowest BCUT2D eigenvalue weighted by Crippen LogP contribution is -2.67. The second kappa shape index (κ2) is 19.9. The molecular formula is C39H49N11O12. The van der Waals surface area contributed by atoms with E-state index in [-0.39, 0.29) is 38.4 Å². The first kappa shape index (κ1) is 45.0. The number of carbonyl (C=O) groups excluding carboxylic acids is 6. The van der Waals surface area contributed by atoms with Crippen LogP contribution in [0.3, 0.4) is 0 Å². The van der Waals surface area contributed by atoms with Crippen LogP contribution in [0.4, 0.5) is 16.3 Å². The quantitative estimate of drug-likeness (QED) is 0.0704. The van der Waals surface area contributed by atoms with Gasteiger partial charge in [-0.25, -0.2) is 19.7 Å². The van der Waals surface area contributed by atoms with E-state index in [1.54, 1.807) is 24.3 Å². The molecule has 0 aliphatic carbocycles. The molecule has 23 nitrogen and oxygen atoms in total. The number of hydrogen-bond acceptors (Lipinski definition) is 16. The Hall–Kier alpha value is -6.53. The highest BCUT2D eigenvalue weighted by atomic mass is 16.6. The fraction of sp³-hybridized carbons (Fsp3) is 0.462. The highest BCUT2D eigenvalue weighted by molar-refractivity contribution is 5.99.